The molecule has 0 spiro atoms. The summed E-state index contributed by atoms with van der Waals surface area (Å²) in [5, 5.41) is 19.9. The Labute approximate surface area is 184 Å². The van der Waals surface area contributed by atoms with E-state index in [9.17, 15) is 9.59 Å². The van der Waals surface area contributed by atoms with E-state index < -0.39 is 11.9 Å². The maximum absolute atomic E-state index is 9.55. The van der Waals surface area contributed by atoms with Crippen LogP contribution in [0.25, 0.3) is 0 Å². The first-order valence-electron chi connectivity index (χ1n) is 9.58. The number of rotatable bonds is 3. The van der Waals surface area contributed by atoms with Crippen molar-refractivity contribution in [2.24, 2.45) is 0 Å². The highest BCUT2D eigenvalue weighted by Gasteiger charge is 2.28. The maximum Gasteiger partial charge on any atom is 0.328 e. The lowest BCUT2D eigenvalue weighted by Crippen LogP contribution is -2.45. The molecule has 1 fully saturated rings. The fraction of sp³-hybridized carbons (Fsp3) is 0.273. The molecule has 6 nitrogen and oxygen atoms in total. The number of carboxylic acid groups (broad SMARTS) is 2. The molecule has 0 bridgehead atoms. The van der Waals surface area contributed by atoms with Crippen LogP contribution in [0.15, 0.2) is 64.4 Å². The quantitative estimate of drug-likeness (QED) is 0.619. The van der Waals surface area contributed by atoms with Crippen molar-refractivity contribution in [3.63, 3.8) is 0 Å². The predicted molar refractivity (Wildman–Crippen MR) is 117 cm³/mol. The smallest absolute Gasteiger partial charge is 0.328 e. The summed E-state index contributed by atoms with van der Waals surface area (Å²) in [4.78, 5) is 24.4. The average molecular weight is 447 g/mol. The molecule has 4 rings (SSSR count). The molecular weight excluding hydrogens is 424 g/mol. The lowest BCUT2D eigenvalue weighted by molar-refractivity contribution is -0.134. The summed E-state index contributed by atoms with van der Waals surface area (Å²) < 4.78 is 0. The zero-order valence-corrected chi connectivity index (χ0v) is 17.8. The number of aliphatic carboxylic acids is 2. The Morgan fingerprint density at radius 3 is 2.37 bits per heavy atom. The fourth-order valence-electron chi connectivity index (χ4n) is 3.54. The Morgan fingerprint density at radius 1 is 1.03 bits per heavy atom. The molecule has 8 heteroatoms. The second-order valence-corrected chi connectivity index (χ2v) is 8.43. The minimum absolute atomic E-state index is 0.423. The molecule has 1 saturated heterocycles. The zero-order valence-electron chi connectivity index (χ0n) is 16.3. The van der Waals surface area contributed by atoms with Crippen molar-refractivity contribution >= 4 is 35.3 Å². The first kappa shape index (κ1) is 22.4. The van der Waals surface area contributed by atoms with Crippen molar-refractivity contribution in [3.8, 4) is 0 Å². The van der Waals surface area contributed by atoms with Gasteiger partial charge < -0.3 is 15.5 Å². The third-order valence-electron chi connectivity index (χ3n) is 4.90. The van der Waals surface area contributed by atoms with Gasteiger partial charge in [0.1, 0.15) is 0 Å². The summed E-state index contributed by atoms with van der Waals surface area (Å²) in [6, 6.07) is 15.6. The Kier molecular flexibility index (Phi) is 7.93. The lowest BCUT2D eigenvalue weighted by atomic mass is 9.97. The number of halogens is 1. The minimum Gasteiger partial charge on any atom is -0.478 e. The number of carboxylic acids is 2. The molecule has 2 aliphatic rings. The zero-order chi connectivity index (χ0) is 21.5. The Morgan fingerprint density at radius 2 is 1.70 bits per heavy atom. The number of nitrogens with zero attached hydrogens (tertiary/aromatic N) is 1. The molecule has 0 radical (unpaired) electrons. The molecule has 2 aliphatic heterocycles. The summed E-state index contributed by atoms with van der Waals surface area (Å²) >= 11 is 8.18. The van der Waals surface area contributed by atoms with E-state index in [4.69, 9.17) is 21.8 Å². The van der Waals surface area contributed by atoms with E-state index in [1.165, 1.54) is 20.9 Å². The van der Waals surface area contributed by atoms with E-state index in [1.54, 1.807) is 0 Å². The van der Waals surface area contributed by atoms with Gasteiger partial charge in [-0.2, -0.15) is 0 Å². The largest absolute Gasteiger partial charge is 0.478 e. The SMILES string of the molecule is Clc1ccc2c(c1)C(N1CCNCC1)Cc1ccccc1S2.O=C(O)/C=C\C(=O)O. The third kappa shape index (κ3) is 6.09. The van der Waals surface area contributed by atoms with Crippen LogP contribution in [0.5, 0.6) is 0 Å². The highest BCUT2D eigenvalue weighted by molar-refractivity contribution is 7.99. The Balaban J connectivity index is 0.000000275. The van der Waals surface area contributed by atoms with Crippen molar-refractivity contribution in [2.75, 3.05) is 26.2 Å². The standard InChI is InChI=1S/C18H19ClN2S.C4H4O4/c19-14-5-6-18-15(12-14)16(21-9-7-20-8-10-21)11-13-3-1-2-4-17(13)22-18;5-3(6)1-2-4(7)8/h1-6,12,16,20H,7-11H2;1-2H,(H,5,6)(H,7,8)/b;2-1-. The number of carbonyl (C=O) groups is 2. The fourth-order valence-corrected chi connectivity index (χ4v) is 4.84. The minimum atomic E-state index is -1.26. The number of nitrogens with one attached hydrogen (secondary N) is 1. The second-order valence-electron chi connectivity index (χ2n) is 6.91. The van der Waals surface area contributed by atoms with E-state index in [0.717, 1.165) is 37.6 Å². The topological polar surface area (TPSA) is 89.9 Å². The van der Waals surface area contributed by atoms with Gasteiger partial charge in [-0.25, -0.2) is 9.59 Å². The van der Waals surface area contributed by atoms with E-state index in [1.807, 2.05) is 17.8 Å². The van der Waals surface area contributed by atoms with Crippen LogP contribution in [0.2, 0.25) is 5.02 Å². The molecule has 158 valence electrons. The molecule has 2 heterocycles. The molecule has 0 aromatic heterocycles. The molecule has 1 atom stereocenters. The number of fused-ring (bicyclic) bond motifs is 2. The normalized spacial score (nSPS) is 18.5. The lowest BCUT2D eigenvalue weighted by Gasteiger charge is -2.35. The van der Waals surface area contributed by atoms with E-state index in [-0.39, 0.29) is 0 Å². The van der Waals surface area contributed by atoms with Gasteiger partial charge in [-0.05, 0) is 41.8 Å². The molecular formula is C22H23ClN2O4S. The molecule has 0 aliphatic carbocycles. The monoisotopic (exact) mass is 446 g/mol. The number of hydrogen-bond donors (Lipinski definition) is 3. The number of benzene rings is 2. The van der Waals surface area contributed by atoms with Gasteiger partial charge in [0.15, 0.2) is 0 Å². The van der Waals surface area contributed by atoms with Crippen LogP contribution >= 0.6 is 23.4 Å². The average Bonchev–Trinajstić information content (AvgIpc) is 2.90. The van der Waals surface area contributed by atoms with Gasteiger partial charge in [-0.3, -0.25) is 4.90 Å². The van der Waals surface area contributed by atoms with Crippen LogP contribution < -0.4 is 5.32 Å². The highest BCUT2D eigenvalue weighted by Crippen LogP contribution is 2.43. The molecule has 30 heavy (non-hydrogen) atoms. The van der Waals surface area contributed by atoms with Crippen LogP contribution in [0.3, 0.4) is 0 Å². The predicted octanol–water partition coefficient (Wildman–Crippen LogP) is 3.71. The maximum atomic E-state index is 9.55. The molecule has 2 aromatic carbocycles. The van der Waals surface area contributed by atoms with Crippen molar-refractivity contribution in [1.29, 1.82) is 0 Å². The summed E-state index contributed by atoms with van der Waals surface area (Å²) in [6.45, 7) is 4.34. The Hall–Kier alpha value is -2.32. The van der Waals surface area contributed by atoms with Crippen molar-refractivity contribution in [1.82, 2.24) is 10.2 Å². The van der Waals surface area contributed by atoms with Gasteiger partial charge in [0, 0.05) is 59.2 Å². The van der Waals surface area contributed by atoms with Gasteiger partial charge >= 0.3 is 11.9 Å². The summed E-state index contributed by atoms with van der Waals surface area (Å²) in [5.41, 5.74) is 2.83. The van der Waals surface area contributed by atoms with Gasteiger partial charge in [-0.1, -0.05) is 41.6 Å². The van der Waals surface area contributed by atoms with Crippen molar-refractivity contribution in [2.45, 2.75) is 22.3 Å². The summed E-state index contributed by atoms with van der Waals surface area (Å²) in [5.74, 6) is -2.51. The van der Waals surface area contributed by atoms with Gasteiger partial charge in [0.05, 0.1) is 0 Å². The van der Waals surface area contributed by atoms with Gasteiger partial charge in [-0.15, -0.1) is 0 Å². The molecule has 2 aromatic rings. The first-order valence-corrected chi connectivity index (χ1v) is 10.8. The van der Waals surface area contributed by atoms with Crippen LogP contribution in [0.4, 0.5) is 0 Å². The van der Waals surface area contributed by atoms with Gasteiger partial charge in [0.2, 0.25) is 0 Å². The van der Waals surface area contributed by atoms with E-state index in [2.05, 4.69) is 46.6 Å². The van der Waals surface area contributed by atoms with Crippen LogP contribution in [0.1, 0.15) is 17.2 Å². The van der Waals surface area contributed by atoms with E-state index >= 15 is 0 Å². The molecule has 1 unspecified atom stereocenters. The van der Waals surface area contributed by atoms with E-state index in [0.29, 0.717) is 18.2 Å². The Bertz CT molecular complexity index is 928. The number of piperazine rings is 1. The summed E-state index contributed by atoms with van der Waals surface area (Å²) in [6.07, 6.45) is 2.18. The first-order chi connectivity index (χ1) is 14.4. The molecule has 0 amide bonds. The molecule has 0 saturated carbocycles. The van der Waals surface area contributed by atoms with Gasteiger partial charge in [0.25, 0.3) is 0 Å². The van der Waals surface area contributed by atoms with Crippen molar-refractivity contribution < 1.29 is 19.8 Å². The van der Waals surface area contributed by atoms with Crippen LogP contribution in [0, 0.1) is 0 Å². The molecule has 3 N–H and O–H groups in total. The van der Waals surface area contributed by atoms with Crippen molar-refractivity contribution in [3.05, 3.63) is 70.8 Å². The number of hydrogen-bond acceptors (Lipinski definition) is 5. The second kappa shape index (κ2) is 10.6. The van der Waals surface area contributed by atoms with Crippen LogP contribution in [-0.4, -0.2) is 53.2 Å². The van der Waals surface area contributed by atoms with Crippen LogP contribution in [-0.2, 0) is 16.0 Å². The third-order valence-corrected chi connectivity index (χ3v) is 6.34. The highest BCUT2D eigenvalue weighted by atomic mass is 35.5. The summed E-state index contributed by atoms with van der Waals surface area (Å²) in [7, 11) is 0.